The van der Waals surface area contributed by atoms with E-state index in [4.69, 9.17) is 0 Å². The Morgan fingerprint density at radius 1 is 1.11 bits per heavy atom. The Bertz CT molecular complexity index is 570. The van der Waals surface area contributed by atoms with Crippen molar-refractivity contribution in [2.75, 3.05) is 11.6 Å². The maximum Gasteiger partial charge on any atom is 0.288 e. The van der Waals surface area contributed by atoms with Crippen molar-refractivity contribution in [3.05, 3.63) is 48.5 Å². The summed E-state index contributed by atoms with van der Waals surface area (Å²) in [6, 6.07) is 14.2. The first-order chi connectivity index (χ1) is 9.17. The van der Waals surface area contributed by atoms with Gasteiger partial charge in [0.25, 0.3) is 5.24 Å². The van der Waals surface area contributed by atoms with E-state index in [0.717, 1.165) is 27.2 Å². The van der Waals surface area contributed by atoms with E-state index < -0.39 is 0 Å². The van der Waals surface area contributed by atoms with Gasteiger partial charge in [0, 0.05) is 15.5 Å². The number of hydrogen-bond acceptors (Lipinski definition) is 4. The standard InChI is InChI=1S/C14H13NO2S2/c1-18-13-4-2-3-10(9-13)15-14(17)19-12-7-5-11(16)6-8-12/h2-9,16H,1H3,(H,15,17). The summed E-state index contributed by atoms with van der Waals surface area (Å²) in [5.74, 6) is 0.192. The first-order valence-corrected chi connectivity index (χ1v) is 7.63. The van der Waals surface area contributed by atoms with Gasteiger partial charge in [-0.15, -0.1) is 11.8 Å². The summed E-state index contributed by atoms with van der Waals surface area (Å²) in [7, 11) is 0. The predicted octanol–water partition coefficient (Wildman–Crippen LogP) is 4.44. The van der Waals surface area contributed by atoms with Gasteiger partial charge in [-0.25, -0.2) is 0 Å². The molecule has 0 unspecified atom stereocenters. The minimum atomic E-state index is -0.149. The number of hydrogen-bond donors (Lipinski definition) is 2. The molecule has 2 aromatic carbocycles. The Kier molecular flexibility index (Phi) is 4.76. The van der Waals surface area contributed by atoms with Crippen molar-refractivity contribution >= 4 is 34.5 Å². The number of carbonyl (C=O) groups excluding carboxylic acids is 1. The van der Waals surface area contributed by atoms with E-state index in [2.05, 4.69) is 5.32 Å². The van der Waals surface area contributed by atoms with Crippen LogP contribution in [-0.2, 0) is 0 Å². The number of phenols is 1. The van der Waals surface area contributed by atoms with Crippen LogP contribution >= 0.6 is 23.5 Å². The van der Waals surface area contributed by atoms with Gasteiger partial charge in [-0.3, -0.25) is 4.79 Å². The molecule has 0 saturated carbocycles. The molecule has 3 nitrogen and oxygen atoms in total. The fourth-order valence-electron chi connectivity index (χ4n) is 1.47. The summed E-state index contributed by atoms with van der Waals surface area (Å²) >= 11 is 2.72. The molecule has 0 aliphatic heterocycles. The van der Waals surface area contributed by atoms with E-state index >= 15 is 0 Å². The van der Waals surface area contributed by atoms with Crippen LogP contribution in [-0.4, -0.2) is 16.6 Å². The van der Waals surface area contributed by atoms with Crippen LogP contribution in [0.5, 0.6) is 5.75 Å². The Hall–Kier alpha value is -1.59. The van der Waals surface area contributed by atoms with Gasteiger partial charge in [0.15, 0.2) is 0 Å². The summed E-state index contributed by atoms with van der Waals surface area (Å²) in [4.78, 5) is 13.7. The Labute approximate surface area is 120 Å². The summed E-state index contributed by atoms with van der Waals surface area (Å²) in [6.45, 7) is 0. The number of aromatic hydroxyl groups is 1. The second kappa shape index (κ2) is 6.54. The fraction of sp³-hybridized carbons (Fsp3) is 0.0714. The van der Waals surface area contributed by atoms with Crippen molar-refractivity contribution in [2.24, 2.45) is 0 Å². The molecule has 2 rings (SSSR count). The average molecular weight is 291 g/mol. The van der Waals surface area contributed by atoms with Gasteiger partial charge < -0.3 is 10.4 Å². The fourth-order valence-corrected chi connectivity index (χ4v) is 2.58. The molecule has 0 atom stereocenters. The van der Waals surface area contributed by atoms with Crippen LogP contribution in [0.15, 0.2) is 58.3 Å². The molecule has 0 aliphatic rings. The zero-order valence-electron chi connectivity index (χ0n) is 10.3. The smallest absolute Gasteiger partial charge is 0.288 e. The molecular weight excluding hydrogens is 278 g/mol. The topological polar surface area (TPSA) is 49.3 Å². The van der Waals surface area contributed by atoms with Crippen LogP contribution in [0, 0.1) is 0 Å². The molecule has 0 bridgehead atoms. The van der Waals surface area contributed by atoms with Crippen LogP contribution in [0.2, 0.25) is 0 Å². The van der Waals surface area contributed by atoms with Crippen LogP contribution in [0.1, 0.15) is 0 Å². The lowest BCUT2D eigenvalue weighted by atomic mass is 10.3. The zero-order valence-corrected chi connectivity index (χ0v) is 11.9. The third-order valence-electron chi connectivity index (χ3n) is 2.36. The molecule has 5 heteroatoms. The predicted molar refractivity (Wildman–Crippen MR) is 81.2 cm³/mol. The highest BCUT2D eigenvalue weighted by Gasteiger charge is 2.05. The minimum Gasteiger partial charge on any atom is -0.508 e. The minimum absolute atomic E-state index is 0.149. The van der Waals surface area contributed by atoms with E-state index in [1.165, 1.54) is 0 Å². The second-order valence-corrected chi connectivity index (χ2v) is 5.67. The molecule has 98 valence electrons. The lowest BCUT2D eigenvalue weighted by molar-refractivity contribution is 0.270. The SMILES string of the molecule is CSc1cccc(NC(=O)Sc2ccc(O)cc2)c1. The maximum absolute atomic E-state index is 11.8. The number of nitrogens with one attached hydrogen (secondary N) is 1. The van der Waals surface area contributed by atoms with Crippen molar-refractivity contribution in [3.63, 3.8) is 0 Å². The lowest BCUT2D eigenvalue weighted by Gasteiger charge is -2.06. The van der Waals surface area contributed by atoms with E-state index in [-0.39, 0.29) is 11.0 Å². The molecule has 0 spiro atoms. The molecule has 19 heavy (non-hydrogen) atoms. The normalized spacial score (nSPS) is 10.2. The van der Waals surface area contributed by atoms with E-state index in [0.29, 0.717) is 0 Å². The van der Waals surface area contributed by atoms with Crippen molar-refractivity contribution in [3.8, 4) is 5.75 Å². The van der Waals surface area contributed by atoms with Gasteiger partial charge in [-0.1, -0.05) is 6.07 Å². The van der Waals surface area contributed by atoms with Crippen molar-refractivity contribution in [2.45, 2.75) is 9.79 Å². The summed E-state index contributed by atoms with van der Waals surface area (Å²) in [5, 5.41) is 11.9. The first kappa shape index (κ1) is 13.8. The van der Waals surface area contributed by atoms with Crippen molar-refractivity contribution in [1.82, 2.24) is 0 Å². The van der Waals surface area contributed by atoms with Crippen LogP contribution in [0.25, 0.3) is 0 Å². The molecule has 2 N–H and O–H groups in total. The first-order valence-electron chi connectivity index (χ1n) is 5.59. The monoisotopic (exact) mass is 291 g/mol. The van der Waals surface area contributed by atoms with Gasteiger partial charge in [-0.2, -0.15) is 0 Å². The van der Waals surface area contributed by atoms with Gasteiger partial charge in [-0.05, 0) is 60.5 Å². The van der Waals surface area contributed by atoms with E-state index in [9.17, 15) is 9.90 Å². The van der Waals surface area contributed by atoms with E-state index in [1.807, 2.05) is 30.5 Å². The quantitative estimate of drug-likeness (QED) is 0.821. The number of anilines is 1. The highest BCUT2D eigenvalue weighted by Crippen LogP contribution is 2.24. The Morgan fingerprint density at radius 2 is 1.84 bits per heavy atom. The molecule has 0 saturated heterocycles. The third-order valence-corrected chi connectivity index (χ3v) is 3.88. The molecular formula is C14H13NO2S2. The average Bonchev–Trinajstić information content (AvgIpc) is 2.41. The van der Waals surface area contributed by atoms with Crippen LogP contribution < -0.4 is 5.32 Å². The van der Waals surface area contributed by atoms with Crippen LogP contribution in [0.4, 0.5) is 10.5 Å². The van der Waals surface area contributed by atoms with Crippen LogP contribution in [0.3, 0.4) is 0 Å². The molecule has 0 aliphatic carbocycles. The Morgan fingerprint density at radius 3 is 2.53 bits per heavy atom. The molecule has 0 aromatic heterocycles. The summed E-state index contributed by atoms with van der Waals surface area (Å²) in [5.41, 5.74) is 0.781. The number of rotatable bonds is 3. The van der Waals surface area contributed by atoms with Gasteiger partial charge in [0.2, 0.25) is 0 Å². The van der Waals surface area contributed by atoms with Crippen molar-refractivity contribution in [1.29, 1.82) is 0 Å². The number of amides is 1. The Balaban J connectivity index is 1.99. The number of carbonyl (C=O) groups is 1. The molecule has 0 heterocycles. The highest BCUT2D eigenvalue weighted by atomic mass is 32.2. The molecule has 0 fully saturated rings. The number of phenolic OH excluding ortho intramolecular Hbond substituents is 1. The van der Waals surface area contributed by atoms with E-state index in [1.54, 1.807) is 36.0 Å². The summed E-state index contributed by atoms with van der Waals surface area (Å²) < 4.78 is 0. The van der Waals surface area contributed by atoms with Gasteiger partial charge in [0.1, 0.15) is 5.75 Å². The number of thioether (sulfide) groups is 2. The third kappa shape index (κ3) is 4.22. The molecule has 0 radical (unpaired) electrons. The van der Waals surface area contributed by atoms with Crippen molar-refractivity contribution < 1.29 is 9.90 Å². The maximum atomic E-state index is 11.8. The largest absolute Gasteiger partial charge is 0.508 e. The van der Waals surface area contributed by atoms with Gasteiger partial charge >= 0.3 is 0 Å². The number of benzene rings is 2. The molecule has 1 amide bonds. The lowest BCUT2D eigenvalue weighted by Crippen LogP contribution is -2.04. The highest BCUT2D eigenvalue weighted by molar-refractivity contribution is 8.13. The summed E-state index contributed by atoms with van der Waals surface area (Å²) in [6.07, 6.45) is 1.99. The van der Waals surface area contributed by atoms with Gasteiger partial charge in [0.05, 0.1) is 0 Å². The second-order valence-electron chi connectivity index (χ2n) is 3.74. The molecule has 2 aromatic rings. The zero-order chi connectivity index (χ0) is 13.7.